The van der Waals surface area contributed by atoms with Crippen LogP contribution < -0.4 is 9.47 Å². The number of hydrogen-bond donors (Lipinski definition) is 0. The third kappa shape index (κ3) is 5.18. The first-order valence-corrected chi connectivity index (χ1v) is 10.6. The van der Waals surface area contributed by atoms with E-state index in [0.29, 0.717) is 24.0 Å². The maximum absolute atomic E-state index is 13.1. The fourth-order valence-corrected chi connectivity index (χ4v) is 3.34. The van der Waals surface area contributed by atoms with Crippen LogP contribution in [0.15, 0.2) is 42.9 Å². The molecule has 0 aliphatic heterocycles. The van der Waals surface area contributed by atoms with Crippen LogP contribution in [0.5, 0.6) is 11.6 Å². The Kier molecular flexibility index (Phi) is 6.85. The van der Waals surface area contributed by atoms with E-state index in [4.69, 9.17) is 14.2 Å². The maximum Gasteiger partial charge on any atom is 0.419 e. The Labute approximate surface area is 197 Å². The highest BCUT2D eigenvalue weighted by molar-refractivity contribution is 5.88. The van der Waals surface area contributed by atoms with Crippen molar-refractivity contribution in [1.82, 2.24) is 29.5 Å². The van der Waals surface area contributed by atoms with Crippen molar-refractivity contribution in [1.29, 1.82) is 0 Å². The van der Waals surface area contributed by atoms with E-state index in [-0.39, 0.29) is 36.4 Å². The number of nitrogens with zero attached hydrogens (tertiary/aromatic N) is 6. The highest BCUT2D eigenvalue weighted by Crippen LogP contribution is 2.36. The van der Waals surface area contributed by atoms with Gasteiger partial charge in [-0.2, -0.15) is 28.4 Å². The van der Waals surface area contributed by atoms with Crippen LogP contribution >= 0.6 is 0 Å². The number of hydrogen-bond acceptors (Lipinski definition) is 8. The molecule has 0 saturated heterocycles. The Balaban J connectivity index is 1.49. The van der Waals surface area contributed by atoms with Gasteiger partial charge in [0.05, 0.1) is 43.8 Å². The fraction of sp³-hybridized carbons (Fsp3) is 0.318. The first kappa shape index (κ1) is 24.0. The van der Waals surface area contributed by atoms with Gasteiger partial charge in [-0.15, -0.1) is 0 Å². The van der Waals surface area contributed by atoms with Crippen molar-refractivity contribution in [3.05, 3.63) is 54.0 Å². The molecule has 0 aliphatic rings. The Hall–Kier alpha value is -4.16. The van der Waals surface area contributed by atoms with Crippen LogP contribution in [0.25, 0.3) is 17.0 Å². The van der Waals surface area contributed by atoms with Crippen LogP contribution in [0.4, 0.5) is 13.2 Å². The Morgan fingerprint density at radius 1 is 1.11 bits per heavy atom. The van der Waals surface area contributed by atoms with Gasteiger partial charge in [0, 0.05) is 19.2 Å². The first-order chi connectivity index (χ1) is 16.8. The average molecular weight is 490 g/mol. The third-order valence-electron chi connectivity index (χ3n) is 4.90. The highest BCUT2D eigenvalue weighted by atomic mass is 19.4. The molecule has 1 aromatic carbocycles. The number of carbonyl (C=O) groups excluding carboxylic acids is 1. The van der Waals surface area contributed by atoms with Crippen molar-refractivity contribution in [2.75, 3.05) is 20.3 Å². The summed E-state index contributed by atoms with van der Waals surface area (Å²) in [6.07, 6.45) is 0.176. The molecule has 4 rings (SSSR count). The van der Waals surface area contributed by atoms with Crippen molar-refractivity contribution in [2.45, 2.75) is 26.1 Å². The molecule has 0 spiro atoms. The summed E-state index contributed by atoms with van der Waals surface area (Å²) in [6, 6.07) is 5.06. The van der Waals surface area contributed by atoms with Crippen LogP contribution in [0.2, 0.25) is 0 Å². The number of esters is 1. The second-order valence-corrected chi connectivity index (χ2v) is 7.22. The van der Waals surface area contributed by atoms with Gasteiger partial charge in [-0.05, 0) is 19.1 Å². The largest absolute Gasteiger partial charge is 0.493 e. The SMILES string of the molecule is CCOC(=O)c1cnn(-c2nc(OC)c3c(cnn3CCCOc3ccccc3C(F)(F)F)n2)c1. The van der Waals surface area contributed by atoms with Crippen LogP contribution in [0.1, 0.15) is 29.3 Å². The van der Waals surface area contributed by atoms with Crippen molar-refractivity contribution in [2.24, 2.45) is 0 Å². The Morgan fingerprint density at radius 2 is 1.91 bits per heavy atom. The fourth-order valence-electron chi connectivity index (χ4n) is 3.34. The molecule has 4 aromatic rings. The van der Waals surface area contributed by atoms with Crippen molar-refractivity contribution in [3.63, 3.8) is 0 Å². The van der Waals surface area contributed by atoms with Gasteiger partial charge in [-0.3, -0.25) is 4.68 Å². The number of fused-ring (bicyclic) bond motifs is 1. The lowest BCUT2D eigenvalue weighted by Gasteiger charge is -2.14. The van der Waals surface area contributed by atoms with Gasteiger partial charge in [-0.1, -0.05) is 12.1 Å². The Morgan fingerprint density at radius 3 is 2.66 bits per heavy atom. The van der Waals surface area contributed by atoms with Crippen LogP contribution in [-0.2, 0) is 17.5 Å². The molecule has 10 nitrogen and oxygen atoms in total. The van der Waals surface area contributed by atoms with Gasteiger partial charge in [-0.25, -0.2) is 14.5 Å². The number of aryl methyl sites for hydroxylation is 1. The predicted octanol–water partition coefficient (Wildman–Crippen LogP) is 3.69. The molecule has 0 radical (unpaired) electrons. The molecule has 0 saturated carbocycles. The predicted molar refractivity (Wildman–Crippen MR) is 117 cm³/mol. The molecule has 35 heavy (non-hydrogen) atoms. The van der Waals surface area contributed by atoms with Gasteiger partial charge >= 0.3 is 12.1 Å². The number of benzene rings is 1. The monoisotopic (exact) mass is 490 g/mol. The van der Waals surface area contributed by atoms with Crippen LogP contribution in [0, 0.1) is 0 Å². The van der Waals surface area contributed by atoms with E-state index in [0.717, 1.165) is 6.07 Å². The van der Waals surface area contributed by atoms with E-state index in [2.05, 4.69) is 20.2 Å². The normalized spacial score (nSPS) is 11.6. The number of carbonyl (C=O) groups is 1. The third-order valence-corrected chi connectivity index (χ3v) is 4.90. The molecule has 0 N–H and O–H groups in total. The molecule has 0 atom stereocenters. The summed E-state index contributed by atoms with van der Waals surface area (Å²) in [5.41, 5.74) is 0.391. The van der Waals surface area contributed by atoms with Gasteiger partial charge in [0.1, 0.15) is 16.8 Å². The lowest BCUT2D eigenvalue weighted by atomic mass is 10.2. The molecule has 0 amide bonds. The molecule has 3 heterocycles. The van der Waals surface area contributed by atoms with Crippen molar-refractivity contribution in [3.8, 4) is 17.6 Å². The lowest BCUT2D eigenvalue weighted by Crippen LogP contribution is -2.11. The van der Waals surface area contributed by atoms with E-state index < -0.39 is 17.7 Å². The van der Waals surface area contributed by atoms with Gasteiger partial charge < -0.3 is 14.2 Å². The second kappa shape index (κ2) is 9.99. The summed E-state index contributed by atoms with van der Waals surface area (Å²) < 4.78 is 58.0. The molecule has 0 aliphatic carbocycles. The second-order valence-electron chi connectivity index (χ2n) is 7.22. The molecular weight excluding hydrogens is 469 g/mol. The number of alkyl halides is 3. The van der Waals surface area contributed by atoms with Gasteiger partial charge in [0.25, 0.3) is 5.95 Å². The summed E-state index contributed by atoms with van der Waals surface area (Å²) in [5.74, 6) is -0.354. The zero-order valence-electron chi connectivity index (χ0n) is 18.8. The zero-order chi connectivity index (χ0) is 25.0. The molecule has 13 heteroatoms. The van der Waals surface area contributed by atoms with Crippen LogP contribution in [-0.4, -0.2) is 55.8 Å². The standard InChI is InChI=1S/C22H21F3N6O4/c1-3-34-20(32)14-11-26-31(13-14)21-28-16-12-27-30(18(16)19(29-21)33-2)9-6-10-35-17-8-5-4-7-15(17)22(23,24)25/h4-5,7-8,11-13H,3,6,9-10H2,1-2H3. The van der Waals surface area contributed by atoms with Gasteiger partial charge in [0.15, 0.2) is 0 Å². The van der Waals surface area contributed by atoms with Crippen molar-refractivity contribution >= 4 is 17.0 Å². The van der Waals surface area contributed by atoms with E-state index in [1.54, 1.807) is 11.6 Å². The summed E-state index contributed by atoms with van der Waals surface area (Å²) in [4.78, 5) is 20.7. The number of methoxy groups -OCH3 is 1. The summed E-state index contributed by atoms with van der Waals surface area (Å²) >= 11 is 0. The average Bonchev–Trinajstić information content (AvgIpc) is 3.49. The van der Waals surface area contributed by atoms with E-state index in [9.17, 15) is 18.0 Å². The summed E-state index contributed by atoms with van der Waals surface area (Å²) in [7, 11) is 1.44. The van der Waals surface area contributed by atoms with Gasteiger partial charge in [0.2, 0.25) is 5.88 Å². The molecule has 184 valence electrons. The zero-order valence-corrected chi connectivity index (χ0v) is 18.8. The molecule has 3 aromatic heterocycles. The van der Waals surface area contributed by atoms with E-state index in [1.807, 2.05) is 0 Å². The minimum absolute atomic E-state index is 0.0413. The topological polar surface area (TPSA) is 106 Å². The number of rotatable bonds is 9. The minimum atomic E-state index is -4.50. The minimum Gasteiger partial charge on any atom is -0.493 e. The molecule has 0 fully saturated rings. The number of ether oxygens (including phenoxy) is 3. The highest BCUT2D eigenvalue weighted by Gasteiger charge is 2.34. The Bertz CT molecular complexity index is 1330. The number of para-hydroxylation sites is 1. The number of aromatic nitrogens is 6. The first-order valence-electron chi connectivity index (χ1n) is 10.6. The molecular formula is C22H21F3N6O4. The van der Waals surface area contributed by atoms with E-state index >= 15 is 0 Å². The number of halogens is 3. The molecule has 0 unspecified atom stereocenters. The quantitative estimate of drug-likeness (QED) is 0.258. The van der Waals surface area contributed by atoms with Crippen LogP contribution in [0.3, 0.4) is 0 Å². The van der Waals surface area contributed by atoms with Crippen molar-refractivity contribution < 1.29 is 32.2 Å². The smallest absolute Gasteiger partial charge is 0.419 e. The lowest BCUT2D eigenvalue weighted by molar-refractivity contribution is -0.139. The van der Waals surface area contributed by atoms with E-state index in [1.165, 1.54) is 48.6 Å². The summed E-state index contributed by atoms with van der Waals surface area (Å²) in [6.45, 7) is 2.31. The molecule has 0 bridgehead atoms. The maximum atomic E-state index is 13.1. The summed E-state index contributed by atoms with van der Waals surface area (Å²) in [5, 5.41) is 8.40.